The molecule has 0 saturated carbocycles. The van der Waals surface area contributed by atoms with Crippen molar-refractivity contribution < 1.29 is 24.2 Å². The second-order valence-electron chi connectivity index (χ2n) is 9.62. The number of nitrogens with zero attached hydrogens (tertiary/aromatic N) is 2. The van der Waals surface area contributed by atoms with Crippen LogP contribution in [0.3, 0.4) is 0 Å². The summed E-state index contributed by atoms with van der Waals surface area (Å²) in [5.41, 5.74) is 0.643. The number of unbranched alkanes of at least 4 members (excludes halogenated alkanes) is 1. The SMILES string of the molecule is C=CCCCOC(=O)[C@@H]1[C@@H]2CC(C)C3(S2)C(C(=O)N(CC=C)c2ccc(Cl)cc2)N(CCO)C(=O)[C@H]13. The highest BCUT2D eigenvalue weighted by atomic mass is 35.5. The van der Waals surface area contributed by atoms with E-state index in [0.717, 1.165) is 12.8 Å². The molecule has 0 aromatic heterocycles. The molecule has 1 N–H and O–H groups in total. The van der Waals surface area contributed by atoms with E-state index in [1.807, 2.05) is 0 Å². The molecule has 3 heterocycles. The van der Waals surface area contributed by atoms with Crippen molar-refractivity contribution in [3.05, 3.63) is 54.6 Å². The van der Waals surface area contributed by atoms with Gasteiger partial charge in [-0.2, -0.15) is 0 Å². The molecule has 2 amide bonds. The molecule has 6 atom stereocenters. The van der Waals surface area contributed by atoms with E-state index in [1.54, 1.807) is 53.1 Å². The minimum atomic E-state index is -0.818. The van der Waals surface area contributed by atoms with Crippen LogP contribution in [0.2, 0.25) is 5.02 Å². The topological polar surface area (TPSA) is 87.2 Å². The lowest BCUT2D eigenvalue weighted by Crippen LogP contribution is -2.57. The highest BCUT2D eigenvalue weighted by Crippen LogP contribution is 2.68. The summed E-state index contributed by atoms with van der Waals surface area (Å²) in [5, 5.41) is 10.3. The molecule has 3 saturated heterocycles. The van der Waals surface area contributed by atoms with Gasteiger partial charge in [-0.05, 0) is 49.4 Å². The summed E-state index contributed by atoms with van der Waals surface area (Å²) in [7, 11) is 0. The van der Waals surface area contributed by atoms with Gasteiger partial charge in [0.25, 0.3) is 5.91 Å². The van der Waals surface area contributed by atoms with Crippen LogP contribution in [0.25, 0.3) is 0 Å². The number of aliphatic hydroxyl groups excluding tert-OH is 1. The number of allylic oxidation sites excluding steroid dienone is 1. The van der Waals surface area contributed by atoms with Crippen LogP contribution in [0.4, 0.5) is 5.69 Å². The van der Waals surface area contributed by atoms with Crippen LogP contribution < -0.4 is 4.90 Å². The van der Waals surface area contributed by atoms with Gasteiger partial charge in [-0.1, -0.05) is 30.7 Å². The number of thioether (sulfide) groups is 1. The molecule has 36 heavy (non-hydrogen) atoms. The predicted octanol–water partition coefficient (Wildman–Crippen LogP) is 3.70. The Labute approximate surface area is 221 Å². The molecule has 1 aromatic carbocycles. The van der Waals surface area contributed by atoms with E-state index in [2.05, 4.69) is 20.1 Å². The van der Waals surface area contributed by atoms with Gasteiger partial charge in [0.05, 0.1) is 29.8 Å². The molecule has 3 unspecified atom stereocenters. The van der Waals surface area contributed by atoms with Gasteiger partial charge in [0.1, 0.15) is 6.04 Å². The van der Waals surface area contributed by atoms with Gasteiger partial charge >= 0.3 is 5.97 Å². The second-order valence-corrected chi connectivity index (χ2v) is 11.6. The minimum absolute atomic E-state index is 0.0229. The fraction of sp³-hybridized carbons (Fsp3) is 0.519. The Balaban J connectivity index is 1.71. The van der Waals surface area contributed by atoms with E-state index in [4.69, 9.17) is 16.3 Å². The number of amides is 2. The molecule has 0 aliphatic carbocycles. The van der Waals surface area contributed by atoms with Crippen LogP contribution in [0, 0.1) is 17.8 Å². The molecule has 3 fully saturated rings. The molecule has 3 aliphatic rings. The summed E-state index contributed by atoms with van der Waals surface area (Å²) >= 11 is 7.65. The number of anilines is 1. The number of fused-ring (bicyclic) bond motifs is 1. The van der Waals surface area contributed by atoms with Crippen LogP contribution in [0.5, 0.6) is 0 Å². The van der Waals surface area contributed by atoms with Crippen molar-refractivity contribution >= 4 is 46.8 Å². The van der Waals surface area contributed by atoms with Crippen molar-refractivity contribution in [1.82, 2.24) is 4.90 Å². The zero-order valence-corrected chi connectivity index (χ0v) is 22.0. The van der Waals surface area contributed by atoms with E-state index >= 15 is 0 Å². The fourth-order valence-corrected chi connectivity index (χ4v) is 8.66. The third-order valence-corrected chi connectivity index (χ3v) is 9.93. The summed E-state index contributed by atoms with van der Waals surface area (Å²) in [6, 6.07) is 6.13. The van der Waals surface area contributed by atoms with Crippen molar-refractivity contribution in [2.75, 3.05) is 31.2 Å². The molecular weight excluding hydrogens is 500 g/mol. The van der Waals surface area contributed by atoms with Crippen LogP contribution >= 0.6 is 23.4 Å². The number of halogens is 1. The number of esters is 1. The maximum atomic E-state index is 14.3. The first kappa shape index (κ1) is 26.8. The smallest absolute Gasteiger partial charge is 0.310 e. The standard InChI is InChI=1S/C27H33ClN2O5S/c1-4-6-7-15-35-26(34)21-20-16-17(3)27(36-20)22(21)24(32)30(13-14-31)23(27)25(33)29(12-5-2)19-10-8-18(28)9-11-19/h4-5,8-11,17,20-23,31H,1-2,6-7,12-16H2,3H3/t17?,20-,21+,22-,23?,27?/m0/s1. The zero-order valence-electron chi connectivity index (χ0n) is 20.5. The zero-order chi connectivity index (χ0) is 26.0. The molecule has 3 aliphatic heterocycles. The third kappa shape index (κ3) is 4.37. The van der Waals surface area contributed by atoms with E-state index in [1.165, 1.54) is 4.90 Å². The van der Waals surface area contributed by atoms with E-state index in [-0.39, 0.29) is 55.3 Å². The predicted molar refractivity (Wildman–Crippen MR) is 142 cm³/mol. The number of likely N-dealkylation sites (tertiary alicyclic amines) is 1. The van der Waals surface area contributed by atoms with Crippen molar-refractivity contribution in [1.29, 1.82) is 0 Å². The Morgan fingerprint density at radius 2 is 2.03 bits per heavy atom. The van der Waals surface area contributed by atoms with Crippen molar-refractivity contribution in [2.24, 2.45) is 17.8 Å². The number of carbonyl (C=O) groups is 3. The summed E-state index contributed by atoms with van der Waals surface area (Å²) in [4.78, 5) is 44.4. The van der Waals surface area contributed by atoms with E-state index < -0.39 is 22.6 Å². The number of hydrogen-bond acceptors (Lipinski definition) is 6. The quantitative estimate of drug-likeness (QED) is 0.266. The Bertz CT molecular complexity index is 1030. The van der Waals surface area contributed by atoms with Gasteiger partial charge < -0.3 is 19.6 Å². The maximum Gasteiger partial charge on any atom is 0.310 e. The first-order chi connectivity index (χ1) is 17.3. The number of β-amino-alcohol motifs (C(OH)–C–C–N with tert-alkyl or cyclic N) is 1. The van der Waals surface area contributed by atoms with Crippen molar-refractivity contribution in [3.63, 3.8) is 0 Å². The Hall–Kier alpha value is -2.29. The van der Waals surface area contributed by atoms with Crippen LogP contribution in [0.1, 0.15) is 26.2 Å². The second kappa shape index (κ2) is 11.0. The van der Waals surface area contributed by atoms with Crippen LogP contribution in [0.15, 0.2) is 49.6 Å². The van der Waals surface area contributed by atoms with Gasteiger partial charge in [-0.3, -0.25) is 14.4 Å². The van der Waals surface area contributed by atoms with Gasteiger partial charge in [0, 0.05) is 29.0 Å². The van der Waals surface area contributed by atoms with Gasteiger partial charge in [0.2, 0.25) is 5.91 Å². The van der Waals surface area contributed by atoms with E-state index in [0.29, 0.717) is 17.1 Å². The molecule has 194 valence electrons. The summed E-state index contributed by atoms with van der Waals surface area (Å²) in [5.74, 6) is -2.13. The lowest BCUT2D eigenvalue weighted by atomic mass is 9.66. The number of rotatable bonds is 11. The van der Waals surface area contributed by atoms with Gasteiger partial charge in [0.15, 0.2) is 0 Å². The number of hydrogen-bond donors (Lipinski definition) is 1. The van der Waals surface area contributed by atoms with Crippen LogP contribution in [-0.4, -0.2) is 70.1 Å². The third-order valence-electron chi connectivity index (χ3n) is 7.61. The lowest BCUT2D eigenvalue weighted by molar-refractivity contribution is -0.154. The first-order valence-electron chi connectivity index (χ1n) is 12.4. The fourth-order valence-electron chi connectivity index (χ4n) is 6.13. The lowest BCUT2D eigenvalue weighted by Gasteiger charge is -2.40. The van der Waals surface area contributed by atoms with Crippen molar-refractivity contribution in [3.8, 4) is 0 Å². The highest BCUT2D eigenvalue weighted by Gasteiger charge is 2.76. The van der Waals surface area contributed by atoms with Crippen LogP contribution in [-0.2, 0) is 19.1 Å². The molecule has 1 aromatic rings. The summed E-state index contributed by atoms with van der Waals surface area (Å²) in [6.45, 7) is 9.82. The molecule has 7 nitrogen and oxygen atoms in total. The number of carbonyl (C=O) groups excluding carboxylic acids is 3. The average molecular weight is 533 g/mol. The number of aliphatic hydroxyl groups is 1. The number of ether oxygens (including phenoxy) is 1. The van der Waals surface area contributed by atoms with E-state index in [9.17, 15) is 19.5 Å². The molecule has 1 spiro atoms. The average Bonchev–Trinajstić information content (AvgIpc) is 3.45. The number of benzene rings is 1. The molecular formula is C27H33ClN2O5S. The molecule has 4 rings (SSSR count). The monoisotopic (exact) mass is 532 g/mol. The molecule has 2 bridgehead atoms. The summed E-state index contributed by atoms with van der Waals surface area (Å²) < 4.78 is 4.81. The first-order valence-corrected chi connectivity index (χ1v) is 13.6. The minimum Gasteiger partial charge on any atom is -0.465 e. The van der Waals surface area contributed by atoms with Crippen molar-refractivity contribution in [2.45, 2.75) is 42.2 Å². The normalized spacial score (nSPS) is 30.2. The van der Waals surface area contributed by atoms with Gasteiger partial charge in [-0.15, -0.1) is 24.9 Å². The Morgan fingerprint density at radius 1 is 1.31 bits per heavy atom. The van der Waals surface area contributed by atoms with Gasteiger partial charge in [-0.25, -0.2) is 0 Å². The molecule has 9 heteroatoms. The molecule has 0 radical (unpaired) electrons. The summed E-state index contributed by atoms with van der Waals surface area (Å²) in [6.07, 6.45) is 5.55. The largest absolute Gasteiger partial charge is 0.465 e. The Kier molecular flexibility index (Phi) is 8.17. The highest BCUT2D eigenvalue weighted by molar-refractivity contribution is 8.02. The Morgan fingerprint density at radius 3 is 2.67 bits per heavy atom. The maximum absolute atomic E-state index is 14.3.